The molecule has 0 unspecified atom stereocenters. The lowest BCUT2D eigenvalue weighted by Gasteiger charge is -2.07. The third kappa shape index (κ3) is 4.39. The number of fused-ring (bicyclic) bond motifs is 3. The minimum Gasteiger partial charge on any atom is -0.456 e. The molecule has 1 heterocycles. The van der Waals surface area contributed by atoms with E-state index in [0.717, 1.165) is 22.7 Å². The topological polar surface area (TPSA) is 13.1 Å². The van der Waals surface area contributed by atoms with Crippen LogP contribution in [0.1, 0.15) is 22.3 Å². The molecule has 0 N–H and O–H groups in total. The zero-order valence-electron chi connectivity index (χ0n) is 17.7. The lowest BCUT2D eigenvalue weighted by Crippen LogP contribution is -1.84. The second kappa shape index (κ2) is 8.86. The molecule has 0 spiro atoms. The summed E-state index contributed by atoms with van der Waals surface area (Å²) < 4.78 is 6.23. The van der Waals surface area contributed by atoms with Gasteiger partial charge in [-0.15, -0.1) is 23.5 Å². The van der Waals surface area contributed by atoms with Crippen LogP contribution in [0.5, 0.6) is 0 Å². The summed E-state index contributed by atoms with van der Waals surface area (Å²) in [5.74, 6) is 1.94. The molecule has 4 aromatic carbocycles. The highest BCUT2D eigenvalue weighted by molar-refractivity contribution is 7.98. The highest BCUT2D eigenvalue weighted by Crippen LogP contribution is 2.38. The molecule has 0 saturated heterocycles. The molecule has 5 rings (SSSR count). The fourth-order valence-corrected chi connectivity index (χ4v) is 5.82. The molecule has 0 aliphatic rings. The number of thioether (sulfide) groups is 2. The smallest absolute Gasteiger partial charge is 0.135 e. The summed E-state index contributed by atoms with van der Waals surface area (Å²) >= 11 is 3.79. The Morgan fingerprint density at radius 2 is 1.00 bits per heavy atom. The third-order valence-corrected chi connectivity index (χ3v) is 8.00. The summed E-state index contributed by atoms with van der Waals surface area (Å²) in [7, 11) is 0. The molecule has 0 fully saturated rings. The number of hydrogen-bond donors (Lipinski definition) is 0. The first-order valence-electron chi connectivity index (χ1n) is 10.5. The first kappa shape index (κ1) is 20.3. The van der Waals surface area contributed by atoms with E-state index in [1.165, 1.54) is 42.8 Å². The highest BCUT2D eigenvalue weighted by Gasteiger charge is 2.13. The van der Waals surface area contributed by atoms with E-state index in [0.29, 0.717) is 0 Å². The quantitative estimate of drug-likeness (QED) is 0.245. The molecule has 0 bridgehead atoms. The molecular weight excluding hydrogens is 416 g/mol. The van der Waals surface area contributed by atoms with E-state index < -0.39 is 0 Å². The van der Waals surface area contributed by atoms with Crippen molar-refractivity contribution >= 4 is 45.5 Å². The van der Waals surface area contributed by atoms with E-state index in [2.05, 4.69) is 98.8 Å². The normalized spacial score (nSPS) is 11.4. The van der Waals surface area contributed by atoms with Crippen molar-refractivity contribution in [2.75, 3.05) is 0 Å². The second-order valence-corrected chi connectivity index (χ2v) is 9.91. The lowest BCUT2D eigenvalue weighted by atomic mass is 10.1. The maximum Gasteiger partial charge on any atom is 0.135 e. The first-order chi connectivity index (χ1) is 15.2. The average molecular weight is 441 g/mol. The van der Waals surface area contributed by atoms with Crippen molar-refractivity contribution in [2.24, 2.45) is 0 Å². The Hall–Kier alpha value is -2.62. The molecule has 154 valence electrons. The Labute approximate surface area is 191 Å². The van der Waals surface area contributed by atoms with Crippen molar-refractivity contribution in [1.29, 1.82) is 0 Å². The molecule has 0 radical (unpaired) electrons. The number of rotatable bonds is 6. The summed E-state index contributed by atoms with van der Waals surface area (Å²) in [6, 6.07) is 30.3. The minimum atomic E-state index is 0.972. The van der Waals surface area contributed by atoms with Gasteiger partial charge in [-0.1, -0.05) is 60.7 Å². The van der Waals surface area contributed by atoms with Gasteiger partial charge in [-0.25, -0.2) is 0 Å². The van der Waals surface area contributed by atoms with Gasteiger partial charge in [-0.2, -0.15) is 0 Å². The Kier molecular flexibility index (Phi) is 5.80. The highest BCUT2D eigenvalue weighted by atomic mass is 32.2. The van der Waals surface area contributed by atoms with Crippen molar-refractivity contribution < 1.29 is 4.42 Å². The van der Waals surface area contributed by atoms with Gasteiger partial charge in [0.05, 0.1) is 0 Å². The molecule has 0 amide bonds. The van der Waals surface area contributed by atoms with Crippen LogP contribution in [0.15, 0.2) is 99.1 Å². The maximum atomic E-state index is 6.23. The van der Waals surface area contributed by atoms with Crippen molar-refractivity contribution in [2.45, 2.75) is 35.1 Å². The standard InChI is InChI=1S/C28H24OS2/c1-19-13-25-23(15-27(19)30-17-21-9-5-3-6-10-21)24-16-28(20(2)14-26(24)29-25)31-18-22-11-7-4-8-12-22/h3-16H,17-18H2,1-2H3. The summed E-state index contributed by atoms with van der Waals surface area (Å²) in [4.78, 5) is 2.64. The molecule has 1 aromatic heterocycles. The summed E-state index contributed by atoms with van der Waals surface area (Å²) in [5, 5.41) is 2.41. The number of furan rings is 1. The molecule has 0 atom stereocenters. The predicted molar refractivity (Wildman–Crippen MR) is 135 cm³/mol. The third-order valence-electron chi connectivity index (χ3n) is 5.54. The molecule has 5 aromatic rings. The molecule has 1 nitrogen and oxygen atoms in total. The van der Waals surface area contributed by atoms with Crippen molar-refractivity contribution in [3.63, 3.8) is 0 Å². The molecule has 31 heavy (non-hydrogen) atoms. The van der Waals surface area contributed by atoms with Crippen molar-refractivity contribution in [3.8, 4) is 0 Å². The minimum absolute atomic E-state index is 0.972. The number of hydrogen-bond acceptors (Lipinski definition) is 3. The summed E-state index contributed by atoms with van der Waals surface area (Å²) in [5.41, 5.74) is 7.17. The molecular formula is C28H24OS2. The van der Waals surface area contributed by atoms with Crippen LogP contribution in [0.3, 0.4) is 0 Å². The fraction of sp³-hybridized carbons (Fsp3) is 0.143. The maximum absolute atomic E-state index is 6.23. The van der Waals surface area contributed by atoms with Crippen LogP contribution in [-0.2, 0) is 11.5 Å². The van der Waals surface area contributed by atoms with Crippen LogP contribution < -0.4 is 0 Å². The second-order valence-electron chi connectivity index (χ2n) is 7.88. The zero-order chi connectivity index (χ0) is 21.2. The Bertz CT molecular complexity index is 1230. The van der Waals surface area contributed by atoms with E-state index in [1.807, 2.05) is 23.5 Å². The van der Waals surface area contributed by atoms with Crippen LogP contribution >= 0.6 is 23.5 Å². The van der Waals surface area contributed by atoms with Gasteiger partial charge in [0.1, 0.15) is 11.2 Å². The van der Waals surface area contributed by atoms with Crippen molar-refractivity contribution in [3.05, 3.63) is 107 Å². The van der Waals surface area contributed by atoms with Crippen LogP contribution in [0, 0.1) is 13.8 Å². The number of aryl methyl sites for hydroxylation is 2. The van der Waals surface area contributed by atoms with Gasteiger partial charge >= 0.3 is 0 Å². The van der Waals surface area contributed by atoms with Gasteiger partial charge in [0, 0.05) is 32.1 Å². The number of benzene rings is 4. The zero-order valence-corrected chi connectivity index (χ0v) is 19.4. The van der Waals surface area contributed by atoms with E-state index in [-0.39, 0.29) is 0 Å². The molecule has 3 heteroatoms. The van der Waals surface area contributed by atoms with E-state index >= 15 is 0 Å². The van der Waals surface area contributed by atoms with Crippen LogP contribution in [0.25, 0.3) is 21.9 Å². The van der Waals surface area contributed by atoms with Gasteiger partial charge < -0.3 is 4.42 Å². The van der Waals surface area contributed by atoms with Gasteiger partial charge in [-0.05, 0) is 60.4 Å². The van der Waals surface area contributed by atoms with Crippen LogP contribution in [0.2, 0.25) is 0 Å². The van der Waals surface area contributed by atoms with Crippen LogP contribution in [-0.4, -0.2) is 0 Å². The van der Waals surface area contributed by atoms with Crippen LogP contribution in [0.4, 0.5) is 0 Å². The molecule has 0 saturated carbocycles. The predicted octanol–water partition coefficient (Wildman–Crippen LogP) is 8.79. The Balaban J connectivity index is 1.48. The first-order valence-corrected chi connectivity index (χ1v) is 12.5. The van der Waals surface area contributed by atoms with Gasteiger partial charge in [0.25, 0.3) is 0 Å². The monoisotopic (exact) mass is 440 g/mol. The SMILES string of the molecule is Cc1cc2oc3cc(C)c(SCc4ccccc4)cc3c2cc1SCc1ccccc1. The lowest BCUT2D eigenvalue weighted by molar-refractivity contribution is 0.667. The molecule has 0 aliphatic heterocycles. The van der Waals surface area contributed by atoms with E-state index in [1.54, 1.807) is 0 Å². The summed E-state index contributed by atoms with van der Waals surface area (Å²) in [6.45, 7) is 4.35. The summed E-state index contributed by atoms with van der Waals surface area (Å²) in [6.07, 6.45) is 0. The average Bonchev–Trinajstić information content (AvgIpc) is 3.13. The van der Waals surface area contributed by atoms with E-state index in [4.69, 9.17) is 4.42 Å². The Morgan fingerprint density at radius 1 is 0.581 bits per heavy atom. The fourth-order valence-electron chi connectivity index (χ4n) is 3.81. The largest absolute Gasteiger partial charge is 0.456 e. The van der Waals surface area contributed by atoms with Gasteiger partial charge in [-0.3, -0.25) is 0 Å². The Morgan fingerprint density at radius 3 is 1.42 bits per heavy atom. The molecule has 0 aliphatic carbocycles. The van der Waals surface area contributed by atoms with E-state index in [9.17, 15) is 0 Å². The van der Waals surface area contributed by atoms with Gasteiger partial charge in [0.2, 0.25) is 0 Å². The van der Waals surface area contributed by atoms with Crippen molar-refractivity contribution in [1.82, 2.24) is 0 Å². The van der Waals surface area contributed by atoms with Gasteiger partial charge in [0.15, 0.2) is 0 Å².